The molecule has 0 heterocycles. The molecule has 1 amide bonds. The van der Waals surface area contributed by atoms with Gasteiger partial charge in [0.2, 0.25) is 0 Å². The summed E-state index contributed by atoms with van der Waals surface area (Å²) in [6.07, 6.45) is 0. The van der Waals surface area contributed by atoms with Gasteiger partial charge in [-0.25, -0.2) is 5.43 Å². The Balaban J connectivity index is 1.86. The molecule has 0 radical (unpaired) electrons. The van der Waals surface area contributed by atoms with Crippen LogP contribution < -0.4 is 10.2 Å². The van der Waals surface area contributed by atoms with E-state index in [2.05, 4.69) is 10.5 Å². The third kappa shape index (κ3) is 5.06. The lowest BCUT2D eigenvalue weighted by Gasteiger charge is -2.06. The molecule has 0 aliphatic heterocycles. The summed E-state index contributed by atoms with van der Waals surface area (Å²) in [5, 5.41) is 5.22. The van der Waals surface area contributed by atoms with Crippen molar-refractivity contribution in [1.29, 1.82) is 0 Å². The third-order valence-corrected chi connectivity index (χ3v) is 3.26. The second-order valence-electron chi connectivity index (χ2n) is 4.49. The summed E-state index contributed by atoms with van der Waals surface area (Å²) in [5.74, 6) is 0.175. The molecule has 0 saturated heterocycles. The topological polar surface area (TPSA) is 50.7 Å². The van der Waals surface area contributed by atoms with Gasteiger partial charge >= 0.3 is 0 Å². The van der Waals surface area contributed by atoms with Crippen molar-refractivity contribution in [1.82, 2.24) is 5.43 Å². The molecule has 6 heteroatoms. The van der Waals surface area contributed by atoms with Crippen LogP contribution in [0.4, 0.5) is 0 Å². The normalized spacial score (nSPS) is 11.1. The van der Waals surface area contributed by atoms with E-state index in [0.29, 0.717) is 21.5 Å². The van der Waals surface area contributed by atoms with Crippen LogP contribution in [-0.4, -0.2) is 18.2 Å². The SMILES string of the molecule is CC(=NNC(=O)COc1cccc(Cl)c1)c1ccc(Cl)cc1. The van der Waals surface area contributed by atoms with E-state index in [0.717, 1.165) is 5.56 Å². The zero-order valence-electron chi connectivity index (χ0n) is 11.8. The first-order valence-electron chi connectivity index (χ1n) is 6.52. The molecule has 4 nitrogen and oxygen atoms in total. The van der Waals surface area contributed by atoms with Crippen molar-refractivity contribution >= 4 is 34.8 Å². The summed E-state index contributed by atoms with van der Waals surface area (Å²) >= 11 is 11.6. The molecule has 0 unspecified atom stereocenters. The number of hydrogen-bond acceptors (Lipinski definition) is 3. The number of carbonyl (C=O) groups excluding carboxylic acids is 1. The average molecular weight is 337 g/mol. The van der Waals surface area contributed by atoms with Gasteiger partial charge < -0.3 is 4.74 Å². The summed E-state index contributed by atoms with van der Waals surface area (Å²) in [5.41, 5.74) is 3.99. The van der Waals surface area contributed by atoms with Crippen LogP contribution in [0.15, 0.2) is 53.6 Å². The molecule has 0 aromatic heterocycles. The molecule has 0 atom stereocenters. The molecule has 0 fully saturated rings. The maximum Gasteiger partial charge on any atom is 0.277 e. The number of hydrogen-bond donors (Lipinski definition) is 1. The van der Waals surface area contributed by atoms with Crippen molar-refractivity contribution in [3.63, 3.8) is 0 Å². The van der Waals surface area contributed by atoms with E-state index < -0.39 is 0 Å². The van der Waals surface area contributed by atoms with Crippen LogP contribution in [0.3, 0.4) is 0 Å². The number of ether oxygens (including phenoxy) is 1. The Hall–Kier alpha value is -2.04. The molecule has 2 rings (SSSR count). The molecule has 0 spiro atoms. The van der Waals surface area contributed by atoms with Crippen LogP contribution in [0.1, 0.15) is 12.5 Å². The number of carbonyl (C=O) groups is 1. The van der Waals surface area contributed by atoms with Gasteiger partial charge in [-0.3, -0.25) is 4.79 Å². The van der Waals surface area contributed by atoms with Gasteiger partial charge in [-0.15, -0.1) is 0 Å². The molecule has 0 aliphatic rings. The van der Waals surface area contributed by atoms with Gasteiger partial charge in [0.25, 0.3) is 5.91 Å². The van der Waals surface area contributed by atoms with E-state index >= 15 is 0 Å². The highest BCUT2D eigenvalue weighted by atomic mass is 35.5. The lowest BCUT2D eigenvalue weighted by molar-refractivity contribution is -0.123. The number of hydrazone groups is 1. The maximum absolute atomic E-state index is 11.7. The second-order valence-corrected chi connectivity index (χ2v) is 5.36. The molecular weight excluding hydrogens is 323 g/mol. The smallest absolute Gasteiger partial charge is 0.277 e. The Labute approximate surface area is 138 Å². The number of benzene rings is 2. The highest BCUT2D eigenvalue weighted by Crippen LogP contribution is 2.16. The molecule has 2 aromatic carbocycles. The van der Waals surface area contributed by atoms with Crippen LogP contribution in [0.5, 0.6) is 5.75 Å². The van der Waals surface area contributed by atoms with Crippen molar-refractivity contribution in [2.45, 2.75) is 6.92 Å². The number of halogens is 2. The minimum atomic E-state index is -0.353. The predicted octanol–water partition coefficient (Wildman–Crippen LogP) is 3.91. The van der Waals surface area contributed by atoms with Crippen molar-refractivity contribution in [3.05, 3.63) is 64.1 Å². The zero-order chi connectivity index (χ0) is 15.9. The van der Waals surface area contributed by atoms with Crippen LogP contribution >= 0.6 is 23.2 Å². The minimum Gasteiger partial charge on any atom is -0.484 e. The van der Waals surface area contributed by atoms with Crippen LogP contribution in [0.2, 0.25) is 10.0 Å². The van der Waals surface area contributed by atoms with Gasteiger partial charge in [0.15, 0.2) is 6.61 Å². The molecular formula is C16H14Cl2N2O2. The van der Waals surface area contributed by atoms with Crippen molar-refractivity contribution in [2.24, 2.45) is 5.10 Å². The van der Waals surface area contributed by atoms with Gasteiger partial charge in [0.05, 0.1) is 5.71 Å². The van der Waals surface area contributed by atoms with Gasteiger partial charge in [0.1, 0.15) is 5.75 Å². The summed E-state index contributed by atoms with van der Waals surface area (Å²) in [7, 11) is 0. The third-order valence-electron chi connectivity index (χ3n) is 2.78. The lowest BCUT2D eigenvalue weighted by Crippen LogP contribution is -2.25. The van der Waals surface area contributed by atoms with Gasteiger partial charge in [-0.05, 0) is 42.8 Å². The standard InChI is InChI=1S/C16H14Cl2N2O2/c1-11(12-5-7-13(17)8-6-12)19-20-16(21)10-22-15-4-2-3-14(18)9-15/h2-9H,10H2,1H3,(H,20,21). The Morgan fingerprint density at radius 3 is 2.55 bits per heavy atom. The summed E-state index contributed by atoms with van der Waals surface area (Å²) < 4.78 is 5.32. The summed E-state index contributed by atoms with van der Waals surface area (Å²) in [4.78, 5) is 11.7. The molecule has 0 bridgehead atoms. The Bertz CT molecular complexity index is 685. The maximum atomic E-state index is 11.7. The Morgan fingerprint density at radius 1 is 1.14 bits per heavy atom. The zero-order valence-corrected chi connectivity index (χ0v) is 13.4. The monoisotopic (exact) mass is 336 g/mol. The predicted molar refractivity (Wildman–Crippen MR) is 88.8 cm³/mol. The van der Waals surface area contributed by atoms with Crippen LogP contribution in [0, 0.1) is 0 Å². The van der Waals surface area contributed by atoms with Crippen LogP contribution in [-0.2, 0) is 4.79 Å². The fraction of sp³-hybridized carbons (Fsp3) is 0.125. The largest absolute Gasteiger partial charge is 0.484 e. The van der Waals surface area contributed by atoms with E-state index in [1.807, 2.05) is 12.1 Å². The van der Waals surface area contributed by atoms with Crippen molar-refractivity contribution in [2.75, 3.05) is 6.61 Å². The van der Waals surface area contributed by atoms with E-state index in [1.165, 1.54) is 0 Å². The van der Waals surface area contributed by atoms with E-state index in [9.17, 15) is 4.79 Å². The summed E-state index contributed by atoms with van der Waals surface area (Å²) in [6, 6.07) is 14.0. The van der Waals surface area contributed by atoms with E-state index in [4.69, 9.17) is 27.9 Å². The fourth-order valence-electron chi connectivity index (χ4n) is 1.64. The number of nitrogens with one attached hydrogen (secondary N) is 1. The average Bonchev–Trinajstić information content (AvgIpc) is 2.51. The second kappa shape index (κ2) is 7.82. The van der Waals surface area contributed by atoms with Gasteiger partial charge in [-0.1, -0.05) is 41.4 Å². The molecule has 22 heavy (non-hydrogen) atoms. The van der Waals surface area contributed by atoms with E-state index in [-0.39, 0.29) is 12.5 Å². The first kappa shape index (κ1) is 16.3. The lowest BCUT2D eigenvalue weighted by atomic mass is 10.1. The molecule has 1 N–H and O–H groups in total. The quantitative estimate of drug-likeness (QED) is 0.664. The first-order valence-corrected chi connectivity index (χ1v) is 7.27. The Morgan fingerprint density at radius 2 is 1.86 bits per heavy atom. The van der Waals surface area contributed by atoms with Crippen LogP contribution in [0.25, 0.3) is 0 Å². The Kier molecular flexibility index (Phi) is 5.81. The number of rotatable bonds is 5. The van der Waals surface area contributed by atoms with Crippen molar-refractivity contribution < 1.29 is 9.53 Å². The number of amides is 1. The molecule has 0 aliphatic carbocycles. The molecule has 114 valence electrons. The minimum absolute atomic E-state index is 0.141. The highest BCUT2D eigenvalue weighted by Gasteiger charge is 2.03. The highest BCUT2D eigenvalue weighted by molar-refractivity contribution is 6.31. The van der Waals surface area contributed by atoms with Gasteiger partial charge in [0, 0.05) is 10.0 Å². The van der Waals surface area contributed by atoms with E-state index in [1.54, 1.807) is 43.3 Å². The first-order chi connectivity index (χ1) is 10.5. The fourth-order valence-corrected chi connectivity index (χ4v) is 1.95. The summed E-state index contributed by atoms with van der Waals surface area (Å²) in [6.45, 7) is 1.65. The molecule has 0 saturated carbocycles. The molecule has 2 aromatic rings. The van der Waals surface area contributed by atoms with Gasteiger partial charge in [-0.2, -0.15) is 5.10 Å². The van der Waals surface area contributed by atoms with Crippen molar-refractivity contribution in [3.8, 4) is 5.75 Å². The number of nitrogens with zero attached hydrogens (tertiary/aromatic N) is 1.